The summed E-state index contributed by atoms with van der Waals surface area (Å²) in [7, 11) is 0. The minimum Gasteiger partial charge on any atom is -0.309 e. The van der Waals surface area contributed by atoms with Crippen LogP contribution in [0.1, 0.15) is 72.5 Å². The third-order valence-electron chi connectivity index (χ3n) is 28.3. The van der Waals surface area contributed by atoms with Crippen molar-refractivity contribution in [3.8, 4) is 95.7 Å². The van der Waals surface area contributed by atoms with Gasteiger partial charge in [-0.2, -0.15) is 0 Å². The topological polar surface area (TPSA) is 66.3 Å². The van der Waals surface area contributed by atoms with Gasteiger partial charge >= 0.3 is 0 Å². The molecular weight excluding hydrogens is 1660 g/mol. The van der Waals surface area contributed by atoms with Gasteiger partial charge in [-0.15, -0.1) is 0 Å². The Balaban J connectivity index is 0.000000117. The summed E-state index contributed by atoms with van der Waals surface area (Å²) in [5.41, 5.74) is 34.8. The summed E-state index contributed by atoms with van der Waals surface area (Å²) in [5, 5.41) is 19.5. The van der Waals surface area contributed by atoms with Gasteiger partial charge in [-0.25, -0.2) is 19.9 Å². The van der Waals surface area contributed by atoms with Crippen molar-refractivity contribution in [2.75, 3.05) is 0 Å². The summed E-state index contributed by atoms with van der Waals surface area (Å²) < 4.78 is 8.33. The van der Waals surface area contributed by atoms with Crippen LogP contribution >= 0.6 is 15.9 Å². The summed E-state index contributed by atoms with van der Waals surface area (Å²) in [6.07, 6.45) is 10.5. The smallest absolute Gasteiger partial charge is 0.111 e. The first kappa shape index (κ1) is 76.2. The molecule has 131 heavy (non-hydrogen) atoms. The predicted molar refractivity (Wildman–Crippen MR) is 551 cm³/mol. The van der Waals surface area contributed by atoms with Gasteiger partial charge < -0.3 is 13.7 Å². The van der Waals surface area contributed by atoms with E-state index >= 15 is 0 Å². The van der Waals surface area contributed by atoms with E-state index in [1.54, 1.807) is 0 Å². The number of hydrogen-bond acceptors (Lipinski definition) is 4. The number of fused-ring (bicyclic) bond motifs is 26. The fourth-order valence-electron chi connectivity index (χ4n) is 22.0. The van der Waals surface area contributed by atoms with Gasteiger partial charge in [-0.3, -0.25) is 0 Å². The second-order valence-corrected chi connectivity index (χ2v) is 37.1. The third kappa shape index (κ3) is 11.8. The molecule has 5 heterocycles. The third-order valence-corrected chi connectivity index (χ3v) is 28.9. The van der Waals surface area contributed by atoms with Gasteiger partial charge in [-0.05, 0) is 161 Å². The van der Waals surface area contributed by atoms with Crippen molar-refractivity contribution >= 4 is 147 Å². The van der Waals surface area contributed by atoms with E-state index in [1.807, 2.05) is 6.08 Å². The van der Waals surface area contributed by atoms with Crippen LogP contribution < -0.4 is 0 Å². The lowest BCUT2D eigenvalue weighted by atomic mass is 9.85. The Hall–Kier alpha value is -16.1. The largest absolute Gasteiger partial charge is 0.309 e. The molecule has 7 nitrogen and oxygen atoms in total. The van der Waals surface area contributed by atoms with E-state index in [2.05, 4.69) is 464 Å². The Bertz CT molecular complexity index is 9090. The number of halogens is 1. The van der Waals surface area contributed by atoms with Crippen molar-refractivity contribution in [1.29, 1.82) is 0 Å². The summed E-state index contributed by atoms with van der Waals surface area (Å²) >= 11 is 3.79. The highest BCUT2D eigenvalue weighted by atomic mass is 79.9. The zero-order valence-electron chi connectivity index (χ0n) is 72.4. The van der Waals surface area contributed by atoms with Crippen molar-refractivity contribution in [3.05, 3.63) is 450 Å². The van der Waals surface area contributed by atoms with Crippen LogP contribution in [0.25, 0.3) is 227 Å². The average molecular weight is 1740 g/mol. The first-order valence-corrected chi connectivity index (χ1v) is 45.9. The molecule has 0 saturated heterocycles. The molecule has 0 unspecified atom stereocenters. The molecule has 0 aliphatic heterocycles. The number of hydrogen-bond donors (Lipinski definition) is 0. The SMILES string of the molecule is CC1(C)c2ccccc2-c2nc(-c3cccc4c(-n5c6cc7ccccc7cc6c6ccc7ccccc7c65)cccc34)c(-c3ccc4c5ccccc5n(-c5ccccc5)c4c3)nc21.CC1(C)c2ccccc2-c2nc(-c3cccc4c(Br)cccc34)c(-c3ccc4c5ccccc5n(-c5ccccc5)c4c3)nc21.[C+]1=Cc2ccc3c(c2C=C1)Cc1cc2ccccc2cc1-3. The minimum atomic E-state index is -0.329. The van der Waals surface area contributed by atoms with Crippen LogP contribution in [0, 0.1) is 6.08 Å². The molecule has 5 aromatic heterocycles. The quantitative estimate of drug-likeness (QED) is 0.149. The van der Waals surface area contributed by atoms with Gasteiger partial charge in [0.1, 0.15) is 12.2 Å². The number of allylic oxidation sites excluding steroid dienone is 2. The number of rotatable bonds is 7. The second-order valence-electron chi connectivity index (χ2n) is 36.2. The minimum absolute atomic E-state index is 0.267. The van der Waals surface area contributed by atoms with E-state index in [9.17, 15) is 0 Å². The van der Waals surface area contributed by atoms with E-state index in [0.717, 1.165) is 134 Å². The molecule has 0 atom stereocenters. The molecular formula is C123H81BrN7+. The zero-order valence-corrected chi connectivity index (χ0v) is 74.0. The van der Waals surface area contributed by atoms with Crippen LogP contribution in [-0.2, 0) is 17.3 Å². The Morgan fingerprint density at radius 3 is 1.36 bits per heavy atom. The highest BCUT2D eigenvalue weighted by molar-refractivity contribution is 9.10. The van der Waals surface area contributed by atoms with Gasteiger partial charge in [0.15, 0.2) is 0 Å². The van der Waals surface area contributed by atoms with Crippen molar-refractivity contribution < 1.29 is 0 Å². The summed E-state index contributed by atoms with van der Waals surface area (Å²) in [6.45, 7) is 9.10. The molecule has 0 N–H and O–H groups in total. The van der Waals surface area contributed by atoms with Crippen LogP contribution in [0.2, 0.25) is 0 Å². The molecule has 614 valence electrons. The fraction of sp³-hybridized carbons (Fsp3) is 0.0569. The van der Waals surface area contributed by atoms with Gasteiger partial charge in [-0.1, -0.05) is 341 Å². The molecule has 0 spiro atoms. The summed E-state index contributed by atoms with van der Waals surface area (Å²) in [5.74, 6) is 0. The molecule has 0 radical (unpaired) electrons. The van der Waals surface area contributed by atoms with Crippen LogP contribution in [0.3, 0.4) is 0 Å². The first-order valence-electron chi connectivity index (χ1n) is 45.1. The number of aromatic nitrogens is 7. The summed E-state index contributed by atoms with van der Waals surface area (Å²) in [6, 6.07) is 141. The molecule has 24 aromatic rings. The molecule has 0 fully saturated rings. The lowest BCUT2D eigenvalue weighted by molar-refractivity contribution is 0.636. The molecule has 0 saturated carbocycles. The van der Waals surface area contributed by atoms with Crippen molar-refractivity contribution in [1.82, 2.24) is 33.6 Å². The zero-order chi connectivity index (χ0) is 87.1. The lowest BCUT2D eigenvalue weighted by Crippen LogP contribution is -2.17. The maximum Gasteiger partial charge on any atom is 0.111 e. The van der Waals surface area contributed by atoms with Crippen LogP contribution in [-0.4, -0.2) is 33.6 Å². The van der Waals surface area contributed by atoms with E-state index in [4.69, 9.17) is 19.9 Å². The Morgan fingerprint density at radius 1 is 0.290 bits per heavy atom. The van der Waals surface area contributed by atoms with E-state index < -0.39 is 0 Å². The fourth-order valence-corrected chi connectivity index (χ4v) is 22.5. The highest BCUT2D eigenvalue weighted by Gasteiger charge is 2.42. The molecule has 8 heteroatoms. The molecule has 19 aromatic carbocycles. The van der Waals surface area contributed by atoms with Crippen molar-refractivity contribution in [3.63, 3.8) is 0 Å². The predicted octanol–water partition coefficient (Wildman–Crippen LogP) is 32.2. The number of nitrogens with zero attached hydrogens (tertiary/aromatic N) is 7. The second kappa shape index (κ2) is 29.5. The highest BCUT2D eigenvalue weighted by Crippen LogP contribution is 2.54. The van der Waals surface area contributed by atoms with Crippen molar-refractivity contribution in [2.24, 2.45) is 0 Å². The number of benzene rings is 19. The molecule has 4 aliphatic carbocycles. The molecule has 4 aliphatic rings. The van der Waals surface area contributed by atoms with E-state index in [-0.39, 0.29) is 10.8 Å². The van der Waals surface area contributed by atoms with Gasteiger partial charge in [0, 0.05) is 122 Å². The lowest BCUT2D eigenvalue weighted by Gasteiger charge is -2.21. The van der Waals surface area contributed by atoms with Gasteiger partial charge in [0.25, 0.3) is 0 Å². The first-order chi connectivity index (χ1) is 64.4. The summed E-state index contributed by atoms with van der Waals surface area (Å²) in [4.78, 5) is 22.7. The van der Waals surface area contributed by atoms with Crippen LogP contribution in [0.15, 0.2) is 399 Å². The normalized spacial score (nSPS) is 13.4. The monoisotopic (exact) mass is 1730 g/mol. The van der Waals surface area contributed by atoms with Gasteiger partial charge in [0.2, 0.25) is 0 Å². The number of para-hydroxylation sites is 4. The standard InChI is InChI=1S/C61H40N4.C41H28BrN3.C21H13/c1-61(2)51-27-12-10-23-49(51)58-60(61)63-56(40-31-32-46-45-22-11-13-28-52(45)64(54(46)36-40)41-19-4-3-5-20-41)57(62-58)47-26-14-25-44-43(47)24-15-29-53(44)65-55-35-39-18-7-6-17-38(39)34-50(55)48-33-30-37-16-8-9-21-42(37)59(48)65;1-41(2)33-19-8-6-15-32(33)39-40(41)44-37(38(43-39)31-18-10-17-28-27(31)16-11-20-34(28)42)25-22-23-30-29-14-7-9-21-35(29)45(36(30)24-25)26-12-4-3-5-13-26;1-2-7-16-12-20-17(11-15(16)6-1)13-21-18-8-4-3-5-14(18)9-10-19(20)21/h3-36H,1-2H3;3-24H,1-2H3;1-2,4-12H,13H2/q;;+1. The Labute approximate surface area is 765 Å². The maximum absolute atomic E-state index is 5.78. The molecule has 0 bridgehead atoms. The average Bonchev–Trinajstić information content (AvgIpc) is 1.56. The molecule has 28 rings (SSSR count). The van der Waals surface area contributed by atoms with Crippen molar-refractivity contribution in [2.45, 2.75) is 44.9 Å². The Kier molecular flexibility index (Phi) is 17.1. The Morgan fingerprint density at radius 2 is 0.748 bits per heavy atom. The van der Waals surface area contributed by atoms with Gasteiger partial charge in [0.05, 0.1) is 102 Å². The van der Waals surface area contributed by atoms with E-state index in [0.29, 0.717) is 0 Å². The maximum atomic E-state index is 5.78. The van der Waals surface area contributed by atoms with Crippen LogP contribution in [0.4, 0.5) is 0 Å². The van der Waals surface area contributed by atoms with Crippen LogP contribution in [0.5, 0.6) is 0 Å². The molecule has 0 amide bonds. The van der Waals surface area contributed by atoms with E-state index in [1.165, 1.54) is 137 Å².